The number of hydrogen-bond donors (Lipinski definition) is 2. The number of aromatic nitrogens is 4. The van der Waals surface area contributed by atoms with Crippen LogP contribution in [0.3, 0.4) is 0 Å². The maximum atomic E-state index is 11.5. The maximum Gasteiger partial charge on any atom is 0.338 e. The van der Waals surface area contributed by atoms with Gasteiger partial charge in [-0.1, -0.05) is 12.1 Å². The minimum atomic E-state index is -0.531. The van der Waals surface area contributed by atoms with E-state index in [0.717, 1.165) is 16.7 Å². The third-order valence-corrected chi connectivity index (χ3v) is 4.35. The van der Waals surface area contributed by atoms with E-state index in [0.29, 0.717) is 37.5 Å². The van der Waals surface area contributed by atoms with Gasteiger partial charge in [0.25, 0.3) is 0 Å². The highest BCUT2D eigenvalue weighted by Gasteiger charge is 2.21. The molecule has 3 aromatic rings. The molecule has 2 aromatic heterocycles. The second kappa shape index (κ2) is 7.65. The molecule has 1 aliphatic heterocycles. The lowest BCUT2D eigenvalue weighted by Gasteiger charge is -2.12. The van der Waals surface area contributed by atoms with Crippen LogP contribution in [0.1, 0.15) is 27.0 Å². The molecule has 2 N–H and O–H groups in total. The highest BCUT2D eigenvalue weighted by Crippen LogP contribution is 2.21. The Morgan fingerprint density at radius 1 is 1.26 bits per heavy atom. The summed E-state index contributed by atoms with van der Waals surface area (Å²) in [7, 11) is 0. The Bertz CT molecular complexity index is 942. The van der Waals surface area contributed by atoms with Crippen molar-refractivity contribution in [3.63, 3.8) is 0 Å². The van der Waals surface area contributed by atoms with Crippen LogP contribution < -0.4 is 5.32 Å². The van der Waals surface area contributed by atoms with E-state index in [9.17, 15) is 9.90 Å². The molecule has 138 valence electrons. The topological polar surface area (TPSA) is 102 Å². The van der Waals surface area contributed by atoms with E-state index in [1.165, 1.54) is 0 Å². The van der Waals surface area contributed by atoms with Crippen LogP contribution in [0.25, 0.3) is 5.82 Å². The van der Waals surface area contributed by atoms with E-state index in [-0.39, 0.29) is 5.97 Å². The number of nitrogens with zero attached hydrogens (tertiary/aromatic N) is 4. The second-order valence-corrected chi connectivity index (χ2v) is 6.41. The molecule has 0 saturated heterocycles. The summed E-state index contributed by atoms with van der Waals surface area (Å²) in [5.74, 6) is 0.378. The molecule has 0 unspecified atom stereocenters. The zero-order valence-electron chi connectivity index (χ0n) is 14.6. The lowest BCUT2D eigenvalue weighted by atomic mass is 10.0. The van der Waals surface area contributed by atoms with E-state index in [1.807, 2.05) is 18.3 Å². The molecule has 0 radical (unpaired) electrons. The van der Waals surface area contributed by atoms with Gasteiger partial charge < -0.3 is 15.2 Å². The molecule has 1 atom stereocenters. The number of hydrogen-bond acceptors (Lipinski definition) is 7. The average Bonchev–Trinajstić information content (AvgIpc) is 3.30. The summed E-state index contributed by atoms with van der Waals surface area (Å²) in [5.41, 5.74) is 3.47. The van der Waals surface area contributed by atoms with Crippen molar-refractivity contribution in [1.82, 2.24) is 25.1 Å². The first-order valence-electron chi connectivity index (χ1n) is 8.66. The number of benzene rings is 1. The Morgan fingerprint density at radius 3 is 3.04 bits per heavy atom. The Labute approximate surface area is 155 Å². The number of ether oxygens (including phenoxy) is 1. The van der Waals surface area contributed by atoms with Gasteiger partial charge in [-0.2, -0.15) is 5.10 Å². The van der Waals surface area contributed by atoms with E-state index < -0.39 is 6.10 Å². The van der Waals surface area contributed by atoms with Crippen LogP contribution in [0, 0.1) is 0 Å². The van der Waals surface area contributed by atoms with Crippen LogP contribution in [-0.2, 0) is 24.3 Å². The van der Waals surface area contributed by atoms with Crippen LogP contribution >= 0.6 is 0 Å². The third kappa shape index (κ3) is 4.02. The number of carbonyl (C=O) groups is 1. The predicted molar refractivity (Wildman–Crippen MR) is 96.1 cm³/mol. The lowest BCUT2D eigenvalue weighted by molar-refractivity contribution is 0.0535. The van der Waals surface area contributed by atoms with E-state index in [2.05, 4.69) is 20.4 Å². The number of fused-ring (bicyclic) bond motifs is 1. The summed E-state index contributed by atoms with van der Waals surface area (Å²) in [4.78, 5) is 19.7. The van der Waals surface area contributed by atoms with Gasteiger partial charge in [0.15, 0.2) is 5.82 Å². The molecular formula is C19H19N5O3. The standard InChI is InChI=1S/C19H19N5O3/c25-16(6-13-1-2-17-15(5-13)12-27-19(17)26)9-21-7-14-8-23-24(11-14)18-10-20-3-4-22-18/h1-5,8,10-11,16,21,25H,6-7,9,12H2/t16-/m1/s1. The Kier molecular flexibility index (Phi) is 4.91. The maximum absolute atomic E-state index is 11.5. The van der Waals surface area contributed by atoms with Gasteiger partial charge in [0.1, 0.15) is 6.61 Å². The van der Waals surface area contributed by atoms with Crippen molar-refractivity contribution >= 4 is 5.97 Å². The van der Waals surface area contributed by atoms with Crippen molar-refractivity contribution < 1.29 is 14.6 Å². The fourth-order valence-corrected chi connectivity index (χ4v) is 3.03. The fourth-order valence-electron chi connectivity index (χ4n) is 3.03. The van der Waals surface area contributed by atoms with Gasteiger partial charge in [0.05, 0.1) is 24.1 Å². The van der Waals surface area contributed by atoms with Crippen LogP contribution in [0.2, 0.25) is 0 Å². The molecule has 0 aliphatic carbocycles. The minimum absolute atomic E-state index is 0.277. The summed E-state index contributed by atoms with van der Waals surface area (Å²) in [6.07, 6.45) is 8.48. The zero-order chi connectivity index (χ0) is 18.6. The molecule has 8 nitrogen and oxygen atoms in total. The number of cyclic esters (lactones) is 1. The smallest absolute Gasteiger partial charge is 0.338 e. The largest absolute Gasteiger partial charge is 0.457 e. The van der Waals surface area contributed by atoms with Crippen LogP contribution in [0.5, 0.6) is 0 Å². The lowest BCUT2D eigenvalue weighted by Crippen LogP contribution is -2.28. The van der Waals surface area contributed by atoms with Crippen LogP contribution in [-0.4, -0.2) is 43.5 Å². The van der Waals surface area contributed by atoms with Crippen molar-refractivity contribution in [2.24, 2.45) is 0 Å². The molecule has 0 amide bonds. The van der Waals surface area contributed by atoms with Crippen molar-refractivity contribution in [1.29, 1.82) is 0 Å². The van der Waals surface area contributed by atoms with Gasteiger partial charge in [-0.3, -0.25) is 4.98 Å². The molecule has 0 bridgehead atoms. The monoisotopic (exact) mass is 365 g/mol. The normalized spacial score (nSPS) is 14.0. The molecule has 0 spiro atoms. The fraction of sp³-hybridized carbons (Fsp3) is 0.263. The molecule has 27 heavy (non-hydrogen) atoms. The van der Waals surface area contributed by atoms with Crippen LogP contribution in [0.4, 0.5) is 0 Å². The van der Waals surface area contributed by atoms with Gasteiger partial charge in [-0.15, -0.1) is 0 Å². The number of rotatable bonds is 7. The van der Waals surface area contributed by atoms with Gasteiger partial charge in [-0.25, -0.2) is 14.5 Å². The first kappa shape index (κ1) is 17.3. The van der Waals surface area contributed by atoms with Gasteiger partial charge in [0, 0.05) is 42.8 Å². The highest BCUT2D eigenvalue weighted by molar-refractivity contribution is 5.93. The van der Waals surface area contributed by atoms with E-state index in [1.54, 1.807) is 35.5 Å². The van der Waals surface area contributed by atoms with Gasteiger partial charge >= 0.3 is 5.97 Å². The number of carbonyl (C=O) groups excluding carboxylic acids is 1. The molecule has 8 heteroatoms. The summed E-state index contributed by atoms with van der Waals surface area (Å²) < 4.78 is 6.66. The van der Waals surface area contributed by atoms with E-state index >= 15 is 0 Å². The second-order valence-electron chi connectivity index (χ2n) is 6.41. The van der Waals surface area contributed by atoms with Gasteiger partial charge in [-0.05, 0) is 18.1 Å². The number of aliphatic hydroxyl groups excluding tert-OH is 1. The molecule has 4 rings (SSSR count). The van der Waals surface area contributed by atoms with Crippen molar-refractivity contribution in [3.05, 3.63) is 71.4 Å². The Hall–Kier alpha value is -3.10. The van der Waals surface area contributed by atoms with Crippen molar-refractivity contribution in [2.75, 3.05) is 6.54 Å². The van der Waals surface area contributed by atoms with E-state index in [4.69, 9.17) is 4.74 Å². The molecule has 3 heterocycles. The summed E-state index contributed by atoms with van der Waals surface area (Å²) in [6.45, 7) is 1.35. The zero-order valence-corrected chi connectivity index (χ0v) is 14.6. The van der Waals surface area contributed by atoms with Gasteiger partial charge in [0.2, 0.25) is 0 Å². The third-order valence-electron chi connectivity index (χ3n) is 4.35. The molecular weight excluding hydrogens is 346 g/mol. The number of esters is 1. The first-order chi connectivity index (χ1) is 13.2. The Morgan fingerprint density at radius 2 is 2.19 bits per heavy atom. The number of nitrogens with one attached hydrogen (secondary N) is 1. The molecule has 1 aliphatic rings. The van der Waals surface area contributed by atoms with Crippen LogP contribution in [0.15, 0.2) is 49.2 Å². The number of aliphatic hydroxyl groups is 1. The predicted octanol–water partition coefficient (Wildman–Crippen LogP) is 1.03. The summed E-state index contributed by atoms with van der Waals surface area (Å²) in [5, 5.41) is 17.8. The van der Waals surface area contributed by atoms with Crippen molar-refractivity contribution in [3.8, 4) is 5.82 Å². The minimum Gasteiger partial charge on any atom is -0.457 e. The highest BCUT2D eigenvalue weighted by atomic mass is 16.5. The summed E-state index contributed by atoms with van der Waals surface area (Å²) >= 11 is 0. The van der Waals surface area contributed by atoms with Crippen molar-refractivity contribution in [2.45, 2.75) is 25.7 Å². The molecule has 1 aromatic carbocycles. The first-order valence-corrected chi connectivity index (χ1v) is 8.66. The summed E-state index contributed by atoms with van der Waals surface area (Å²) in [6, 6.07) is 5.55. The average molecular weight is 365 g/mol. The Balaban J connectivity index is 1.27. The SMILES string of the molecule is O=C1OCc2cc(C[C@@H](O)CNCc3cnn(-c4cnccn4)c3)ccc21. The molecule has 0 saturated carbocycles. The quantitative estimate of drug-likeness (QED) is 0.603. The molecule has 0 fully saturated rings.